The van der Waals surface area contributed by atoms with Crippen molar-refractivity contribution >= 4 is 47.1 Å². The van der Waals surface area contributed by atoms with Crippen molar-refractivity contribution < 1.29 is 24.3 Å². The van der Waals surface area contributed by atoms with Gasteiger partial charge in [-0.3, -0.25) is 19.3 Å². The van der Waals surface area contributed by atoms with Gasteiger partial charge in [0, 0.05) is 55.1 Å². The summed E-state index contributed by atoms with van der Waals surface area (Å²) in [6, 6.07) is 17.7. The van der Waals surface area contributed by atoms with Gasteiger partial charge in [-0.2, -0.15) is 4.68 Å². The minimum Gasteiger partial charge on any atom is -0.478 e. The minimum absolute atomic E-state index is 0.0525. The monoisotopic (exact) mass is 656 g/mol. The molecular weight excluding hydrogens is 624 g/mol. The minimum atomic E-state index is -1.22. The second kappa shape index (κ2) is 15.3. The van der Waals surface area contributed by atoms with Crippen LogP contribution in [0.25, 0.3) is 11.8 Å². The molecule has 0 spiro atoms. The van der Waals surface area contributed by atoms with Gasteiger partial charge in [0.05, 0.1) is 17.7 Å². The van der Waals surface area contributed by atoms with Gasteiger partial charge in [0.25, 0.3) is 0 Å². The van der Waals surface area contributed by atoms with E-state index in [9.17, 15) is 24.3 Å². The molecule has 2 heterocycles. The van der Waals surface area contributed by atoms with Crippen LogP contribution in [0.5, 0.6) is 0 Å². The highest BCUT2D eigenvalue weighted by Crippen LogP contribution is 2.20. The van der Waals surface area contributed by atoms with E-state index >= 15 is 0 Å². The lowest BCUT2D eigenvalue weighted by atomic mass is 10.1. The molecule has 1 atom stereocenters. The Balaban J connectivity index is 1.26. The van der Waals surface area contributed by atoms with Gasteiger partial charge in [-0.15, -0.1) is 5.10 Å². The quantitative estimate of drug-likeness (QED) is 0.206. The number of aromatic carboxylic acids is 1. The van der Waals surface area contributed by atoms with Crippen LogP contribution in [0.3, 0.4) is 0 Å². The number of hydrogen-bond acceptors (Lipinski definition) is 8. The van der Waals surface area contributed by atoms with E-state index in [0.29, 0.717) is 48.1 Å². The number of carbonyl (C=O) groups is 4. The number of carbonyl (C=O) groups excluding carboxylic acids is 3. The second-order valence-corrected chi connectivity index (χ2v) is 11.5. The molecule has 0 radical (unpaired) electrons. The SMILES string of the molecule is Cc1ccc(CN2CCN(C(=O)C[C@H](NC(=O)/C=C/c3cc(Cl)ccc3-n3cnnn3)C(=O)Nc3ccc(C(=O)O)cc3)CC2)cc1. The van der Waals surface area contributed by atoms with Crippen LogP contribution < -0.4 is 10.6 Å². The van der Waals surface area contributed by atoms with Gasteiger partial charge < -0.3 is 20.6 Å². The summed E-state index contributed by atoms with van der Waals surface area (Å²) in [4.78, 5) is 55.1. The fraction of sp³-hybridized carbons (Fsp3) is 0.242. The standard InChI is InChI=1S/C33H33ClN8O5/c1-22-2-4-23(5-3-22)20-40-14-16-41(17-15-40)31(44)19-28(32(45)36-27-10-6-24(7-11-27)33(46)47)37-30(43)13-8-25-18-26(34)9-12-29(25)42-21-35-38-39-42/h2-13,18,21,28H,14-17,19-20H2,1H3,(H,36,45)(H,37,43)(H,46,47)/b13-8+/t28-/m0/s1. The zero-order valence-corrected chi connectivity index (χ0v) is 26.3. The number of halogens is 1. The Hall–Kier alpha value is -5.40. The van der Waals surface area contributed by atoms with E-state index in [1.807, 2.05) is 6.92 Å². The maximum Gasteiger partial charge on any atom is 0.335 e. The molecule has 1 aromatic heterocycles. The zero-order valence-electron chi connectivity index (χ0n) is 25.5. The van der Waals surface area contributed by atoms with Gasteiger partial charge in [0.15, 0.2) is 0 Å². The molecule has 14 heteroatoms. The maximum absolute atomic E-state index is 13.4. The first-order valence-corrected chi connectivity index (χ1v) is 15.2. The molecule has 1 fully saturated rings. The molecule has 5 rings (SSSR count). The maximum atomic E-state index is 13.4. The number of aromatic nitrogens is 4. The first kappa shape index (κ1) is 33.0. The zero-order chi connectivity index (χ0) is 33.3. The Bertz CT molecular complexity index is 1750. The highest BCUT2D eigenvalue weighted by Gasteiger charge is 2.28. The first-order valence-electron chi connectivity index (χ1n) is 14.9. The first-order chi connectivity index (χ1) is 22.6. The average Bonchev–Trinajstić information content (AvgIpc) is 3.60. The van der Waals surface area contributed by atoms with Crippen molar-refractivity contribution in [1.82, 2.24) is 35.3 Å². The van der Waals surface area contributed by atoms with E-state index in [0.717, 1.165) is 6.54 Å². The molecule has 13 nitrogen and oxygen atoms in total. The number of aryl methyl sites for hydroxylation is 1. The molecule has 1 aliphatic heterocycles. The number of amides is 3. The van der Waals surface area contributed by atoms with E-state index in [1.165, 1.54) is 58.6 Å². The van der Waals surface area contributed by atoms with Crippen molar-refractivity contribution in [3.8, 4) is 5.69 Å². The lowest BCUT2D eigenvalue weighted by Crippen LogP contribution is -2.51. The normalized spacial score (nSPS) is 14.1. The third-order valence-electron chi connectivity index (χ3n) is 7.66. The topological polar surface area (TPSA) is 163 Å². The highest BCUT2D eigenvalue weighted by molar-refractivity contribution is 6.30. The number of benzene rings is 3. The fourth-order valence-electron chi connectivity index (χ4n) is 5.07. The summed E-state index contributed by atoms with van der Waals surface area (Å²) >= 11 is 6.18. The van der Waals surface area contributed by atoms with Gasteiger partial charge in [-0.25, -0.2) is 4.79 Å². The van der Waals surface area contributed by atoms with Gasteiger partial charge in [0.1, 0.15) is 12.4 Å². The Kier molecular flexibility index (Phi) is 10.7. The third kappa shape index (κ3) is 9.08. The molecule has 1 aliphatic rings. The van der Waals surface area contributed by atoms with Crippen molar-refractivity contribution in [3.63, 3.8) is 0 Å². The van der Waals surface area contributed by atoms with E-state index in [-0.39, 0.29) is 17.9 Å². The van der Waals surface area contributed by atoms with Gasteiger partial charge in [-0.05, 0) is 71.5 Å². The Morgan fingerprint density at radius 2 is 1.70 bits per heavy atom. The molecule has 3 aromatic carbocycles. The number of carboxylic acid groups (broad SMARTS) is 1. The highest BCUT2D eigenvalue weighted by atomic mass is 35.5. The van der Waals surface area contributed by atoms with Crippen molar-refractivity contribution in [2.24, 2.45) is 0 Å². The molecule has 0 aliphatic carbocycles. The molecule has 1 saturated heterocycles. The number of hydrogen-bond donors (Lipinski definition) is 3. The Morgan fingerprint density at radius 1 is 0.979 bits per heavy atom. The van der Waals surface area contributed by atoms with Crippen LogP contribution >= 0.6 is 11.6 Å². The molecule has 0 bridgehead atoms. The second-order valence-electron chi connectivity index (χ2n) is 11.1. The number of nitrogens with zero attached hydrogens (tertiary/aromatic N) is 6. The van der Waals surface area contributed by atoms with Crippen molar-refractivity contribution in [1.29, 1.82) is 0 Å². The molecule has 0 saturated carbocycles. The van der Waals surface area contributed by atoms with Crippen LogP contribution in [0.4, 0.5) is 5.69 Å². The molecule has 3 N–H and O–H groups in total. The third-order valence-corrected chi connectivity index (χ3v) is 7.90. The number of carboxylic acids is 1. The van der Waals surface area contributed by atoms with Crippen LogP contribution in [0.2, 0.25) is 5.02 Å². The summed E-state index contributed by atoms with van der Waals surface area (Å²) in [6.07, 6.45) is 3.87. The molecule has 47 heavy (non-hydrogen) atoms. The summed E-state index contributed by atoms with van der Waals surface area (Å²) in [5.41, 5.74) is 3.87. The van der Waals surface area contributed by atoms with Crippen molar-refractivity contribution in [3.05, 3.63) is 106 Å². The van der Waals surface area contributed by atoms with Gasteiger partial charge in [0.2, 0.25) is 17.7 Å². The summed E-state index contributed by atoms with van der Waals surface area (Å²) in [6.45, 7) is 5.13. The summed E-state index contributed by atoms with van der Waals surface area (Å²) in [5.74, 6) is -2.63. The fourth-order valence-corrected chi connectivity index (χ4v) is 5.25. The number of piperazine rings is 1. The summed E-state index contributed by atoms with van der Waals surface area (Å²) in [5, 5.41) is 26.1. The Morgan fingerprint density at radius 3 is 2.36 bits per heavy atom. The average molecular weight is 657 g/mol. The van der Waals surface area contributed by atoms with Gasteiger partial charge in [-0.1, -0.05) is 41.4 Å². The number of tetrazole rings is 1. The Labute approximate surface area is 275 Å². The lowest BCUT2D eigenvalue weighted by molar-refractivity contribution is -0.136. The molecular formula is C33H33ClN8O5. The molecule has 4 aromatic rings. The summed E-state index contributed by atoms with van der Waals surface area (Å²) in [7, 11) is 0. The molecule has 0 unspecified atom stereocenters. The van der Waals surface area contributed by atoms with Crippen LogP contribution in [-0.4, -0.2) is 91.0 Å². The van der Waals surface area contributed by atoms with Crippen LogP contribution in [0.1, 0.15) is 33.5 Å². The number of rotatable bonds is 11. The van der Waals surface area contributed by atoms with Crippen LogP contribution in [0, 0.1) is 6.92 Å². The van der Waals surface area contributed by atoms with E-state index in [2.05, 4.69) is 55.3 Å². The van der Waals surface area contributed by atoms with E-state index < -0.39 is 23.8 Å². The van der Waals surface area contributed by atoms with E-state index in [1.54, 1.807) is 23.1 Å². The van der Waals surface area contributed by atoms with Crippen LogP contribution in [0.15, 0.2) is 79.1 Å². The van der Waals surface area contributed by atoms with Gasteiger partial charge >= 0.3 is 5.97 Å². The largest absolute Gasteiger partial charge is 0.478 e. The molecule has 242 valence electrons. The smallest absolute Gasteiger partial charge is 0.335 e. The number of nitrogens with one attached hydrogen (secondary N) is 2. The lowest BCUT2D eigenvalue weighted by Gasteiger charge is -2.35. The van der Waals surface area contributed by atoms with E-state index in [4.69, 9.17) is 11.6 Å². The van der Waals surface area contributed by atoms with Crippen molar-refractivity contribution in [2.75, 3.05) is 31.5 Å². The predicted molar refractivity (Wildman–Crippen MR) is 175 cm³/mol. The van der Waals surface area contributed by atoms with Crippen LogP contribution in [-0.2, 0) is 20.9 Å². The molecule has 3 amide bonds. The van der Waals surface area contributed by atoms with Crippen molar-refractivity contribution in [2.45, 2.75) is 25.9 Å². The number of anilines is 1. The predicted octanol–water partition coefficient (Wildman–Crippen LogP) is 3.19. The summed E-state index contributed by atoms with van der Waals surface area (Å²) < 4.78 is 1.42.